The highest BCUT2D eigenvalue weighted by molar-refractivity contribution is 5.79. The molecule has 2 aromatic carbocycles. The summed E-state index contributed by atoms with van der Waals surface area (Å²) in [6, 6.07) is 18.3. The second kappa shape index (κ2) is 8.01. The van der Waals surface area contributed by atoms with Crippen LogP contribution in [0.2, 0.25) is 0 Å². The number of carbonyl (C=O) groups is 1. The Morgan fingerprint density at radius 2 is 1.93 bits per heavy atom. The van der Waals surface area contributed by atoms with E-state index < -0.39 is 0 Å². The van der Waals surface area contributed by atoms with Crippen LogP contribution in [0, 0.1) is 12.8 Å². The van der Waals surface area contributed by atoms with Crippen molar-refractivity contribution in [2.45, 2.75) is 38.5 Å². The van der Waals surface area contributed by atoms with Crippen LogP contribution in [-0.4, -0.2) is 17.4 Å². The first kappa shape index (κ1) is 18.5. The van der Waals surface area contributed by atoms with Crippen LogP contribution in [-0.2, 0) is 11.2 Å². The Balaban J connectivity index is 1.36. The standard InChI is InChI=1S/C24H26N2O2/c1-16-7-8-19-14-20(24(28)26-22(19)13-16)11-12-25-23(27)15-21(18-9-10-18)17-5-3-2-4-6-17/h2-8,13-14,18,21H,9-12,15H2,1H3,(H,25,27)(H,26,28). The molecule has 1 saturated carbocycles. The van der Waals surface area contributed by atoms with Crippen molar-refractivity contribution in [2.24, 2.45) is 5.92 Å². The van der Waals surface area contributed by atoms with Gasteiger partial charge in [0.25, 0.3) is 5.56 Å². The minimum atomic E-state index is -0.0764. The molecule has 28 heavy (non-hydrogen) atoms. The second-order valence-electron chi connectivity index (χ2n) is 7.87. The molecule has 0 spiro atoms. The van der Waals surface area contributed by atoms with Crippen LogP contribution in [0.3, 0.4) is 0 Å². The molecule has 1 amide bonds. The molecule has 0 bridgehead atoms. The van der Waals surface area contributed by atoms with Crippen molar-refractivity contribution >= 4 is 16.8 Å². The Kier molecular flexibility index (Phi) is 5.29. The lowest BCUT2D eigenvalue weighted by Gasteiger charge is -2.16. The van der Waals surface area contributed by atoms with E-state index >= 15 is 0 Å². The minimum Gasteiger partial charge on any atom is -0.356 e. The van der Waals surface area contributed by atoms with E-state index in [1.165, 1.54) is 18.4 Å². The van der Waals surface area contributed by atoms with Crippen molar-refractivity contribution in [3.63, 3.8) is 0 Å². The molecule has 1 unspecified atom stereocenters. The number of aromatic amines is 1. The van der Waals surface area contributed by atoms with E-state index in [1.54, 1.807) is 0 Å². The van der Waals surface area contributed by atoms with Crippen LogP contribution >= 0.6 is 0 Å². The maximum atomic E-state index is 12.5. The fourth-order valence-electron chi connectivity index (χ4n) is 3.91. The summed E-state index contributed by atoms with van der Waals surface area (Å²) in [6.45, 7) is 2.48. The molecule has 0 aliphatic heterocycles. The zero-order valence-corrected chi connectivity index (χ0v) is 16.2. The summed E-state index contributed by atoms with van der Waals surface area (Å²) in [5, 5.41) is 4.02. The molecular formula is C24H26N2O2. The first-order chi connectivity index (χ1) is 13.6. The van der Waals surface area contributed by atoms with E-state index in [2.05, 4.69) is 22.4 Å². The van der Waals surface area contributed by atoms with E-state index in [9.17, 15) is 9.59 Å². The molecule has 1 aliphatic rings. The lowest BCUT2D eigenvalue weighted by Crippen LogP contribution is -2.29. The normalized spacial score (nSPS) is 14.8. The first-order valence-corrected chi connectivity index (χ1v) is 10.0. The van der Waals surface area contributed by atoms with Crippen molar-refractivity contribution in [1.82, 2.24) is 10.3 Å². The Bertz CT molecular complexity index is 1040. The first-order valence-electron chi connectivity index (χ1n) is 10.0. The largest absolute Gasteiger partial charge is 0.356 e. The van der Waals surface area contributed by atoms with E-state index in [4.69, 9.17) is 0 Å². The Morgan fingerprint density at radius 1 is 1.14 bits per heavy atom. The van der Waals surface area contributed by atoms with Crippen LogP contribution in [0.5, 0.6) is 0 Å². The molecule has 0 saturated heterocycles. The van der Waals surface area contributed by atoms with E-state index in [-0.39, 0.29) is 11.5 Å². The summed E-state index contributed by atoms with van der Waals surface area (Å²) in [6.07, 6.45) is 3.46. The van der Waals surface area contributed by atoms with E-state index in [0.29, 0.717) is 36.8 Å². The van der Waals surface area contributed by atoms with Crippen molar-refractivity contribution in [2.75, 3.05) is 6.54 Å². The summed E-state index contributed by atoms with van der Waals surface area (Å²) in [5.41, 5.74) is 3.85. The zero-order valence-electron chi connectivity index (χ0n) is 16.2. The number of nitrogens with one attached hydrogen (secondary N) is 2. The SMILES string of the molecule is Cc1ccc2cc(CCNC(=O)CC(c3ccccc3)C3CC3)c(=O)[nH]c2c1. The van der Waals surface area contributed by atoms with Gasteiger partial charge < -0.3 is 10.3 Å². The monoisotopic (exact) mass is 374 g/mol. The van der Waals surface area contributed by atoms with Crippen molar-refractivity contribution in [3.8, 4) is 0 Å². The summed E-state index contributed by atoms with van der Waals surface area (Å²) < 4.78 is 0. The van der Waals surface area contributed by atoms with Crippen molar-refractivity contribution < 1.29 is 4.79 Å². The average Bonchev–Trinajstić information content (AvgIpc) is 3.52. The number of amides is 1. The fourth-order valence-corrected chi connectivity index (χ4v) is 3.91. The van der Waals surface area contributed by atoms with Gasteiger partial charge in [-0.25, -0.2) is 0 Å². The number of aromatic nitrogens is 1. The van der Waals surface area contributed by atoms with Gasteiger partial charge in [-0.2, -0.15) is 0 Å². The van der Waals surface area contributed by atoms with Gasteiger partial charge in [-0.1, -0.05) is 42.5 Å². The smallest absolute Gasteiger partial charge is 0.251 e. The minimum absolute atomic E-state index is 0.0635. The summed E-state index contributed by atoms with van der Waals surface area (Å²) in [7, 11) is 0. The Labute approximate surface area is 165 Å². The fraction of sp³-hybridized carbons (Fsp3) is 0.333. The third-order valence-electron chi connectivity index (χ3n) is 5.62. The number of fused-ring (bicyclic) bond motifs is 1. The Morgan fingerprint density at radius 3 is 2.68 bits per heavy atom. The molecule has 144 valence electrons. The van der Waals surface area contributed by atoms with Gasteiger partial charge in [0, 0.05) is 24.0 Å². The number of hydrogen-bond acceptors (Lipinski definition) is 2. The quantitative estimate of drug-likeness (QED) is 0.655. The van der Waals surface area contributed by atoms with Crippen LogP contribution in [0.4, 0.5) is 0 Å². The third-order valence-corrected chi connectivity index (χ3v) is 5.62. The molecule has 1 fully saturated rings. The van der Waals surface area contributed by atoms with Gasteiger partial charge in [0.1, 0.15) is 0 Å². The molecule has 0 radical (unpaired) electrons. The van der Waals surface area contributed by atoms with Gasteiger partial charge in [0.15, 0.2) is 0 Å². The molecule has 4 heteroatoms. The maximum absolute atomic E-state index is 12.5. The predicted molar refractivity (Wildman–Crippen MR) is 113 cm³/mol. The number of H-pyrrole nitrogens is 1. The lowest BCUT2D eigenvalue weighted by molar-refractivity contribution is -0.121. The van der Waals surface area contributed by atoms with Gasteiger partial charge in [0.05, 0.1) is 0 Å². The molecule has 4 rings (SSSR count). The zero-order chi connectivity index (χ0) is 19.5. The summed E-state index contributed by atoms with van der Waals surface area (Å²) in [5.74, 6) is 0.988. The molecule has 1 atom stereocenters. The predicted octanol–water partition coefficient (Wildman–Crippen LogP) is 4.08. The number of rotatable bonds is 7. The summed E-state index contributed by atoms with van der Waals surface area (Å²) >= 11 is 0. The molecule has 2 N–H and O–H groups in total. The highest BCUT2D eigenvalue weighted by atomic mass is 16.1. The second-order valence-corrected chi connectivity index (χ2v) is 7.87. The number of carbonyl (C=O) groups excluding carboxylic acids is 1. The maximum Gasteiger partial charge on any atom is 0.251 e. The van der Waals surface area contributed by atoms with Crippen LogP contribution in [0.15, 0.2) is 59.4 Å². The van der Waals surface area contributed by atoms with Gasteiger partial charge in [-0.3, -0.25) is 9.59 Å². The summed E-state index contributed by atoms with van der Waals surface area (Å²) in [4.78, 5) is 27.7. The Hall–Kier alpha value is -2.88. The van der Waals surface area contributed by atoms with Gasteiger partial charge in [-0.05, 0) is 66.7 Å². The number of benzene rings is 2. The number of aryl methyl sites for hydroxylation is 1. The van der Waals surface area contributed by atoms with Crippen LogP contribution < -0.4 is 10.9 Å². The number of hydrogen-bond donors (Lipinski definition) is 2. The molecule has 1 aromatic heterocycles. The third kappa shape index (κ3) is 4.33. The van der Waals surface area contributed by atoms with E-state index in [1.807, 2.05) is 49.4 Å². The molecular weight excluding hydrogens is 348 g/mol. The van der Waals surface area contributed by atoms with Gasteiger partial charge in [-0.15, -0.1) is 0 Å². The van der Waals surface area contributed by atoms with Crippen LogP contribution in [0.1, 0.15) is 41.9 Å². The topological polar surface area (TPSA) is 62.0 Å². The van der Waals surface area contributed by atoms with Crippen LogP contribution in [0.25, 0.3) is 10.9 Å². The lowest BCUT2D eigenvalue weighted by atomic mass is 9.91. The van der Waals surface area contributed by atoms with Crippen molar-refractivity contribution in [1.29, 1.82) is 0 Å². The number of pyridine rings is 1. The molecule has 1 aliphatic carbocycles. The molecule has 3 aromatic rings. The van der Waals surface area contributed by atoms with Gasteiger partial charge >= 0.3 is 0 Å². The highest BCUT2D eigenvalue weighted by Gasteiger charge is 2.33. The average molecular weight is 374 g/mol. The molecule has 4 nitrogen and oxygen atoms in total. The highest BCUT2D eigenvalue weighted by Crippen LogP contribution is 2.44. The van der Waals surface area contributed by atoms with Crippen molar-refractivity contribution in [3.05, 3.63) is 81.6 Å². The van der Waals surface area contributed by atoms with Gasteiger partial charge in [0.2, 0.25) is 5.91 Å². The van der Waals surface area contributed by atoms with E-state index in [0.717, 1.165) is 16.5 Å². The molecule has 1 heterocycles.